The van der Waals surface area contributed by atoms with Crippen LogP contribution in [0.5, 0.6) is 0 Å². The molecular weight excluding hydrogens is 411 g/mol. The van der Waals surface area contributed by atoms with Gasteiger partial charge in [-0.15, -0.1) is 4.48 Å². The first-order valence-electron chi connectivity index (χ1n) is 10.3. The molecule has 9 heteroatoms. The number of hydrazine groups is 1. The van der Waals surface area contributed by atoms with Crippen molar-refractivity contribution in [1.29, 1.82) is 5.41 Å². The minimum absolute atomic E-state index is 0.140. The average molecular weight is 443 g/mol. The Hall–Kier alpha value is -3.46. The number of methoxy groups -OCH3 is 2. The summed E-state index contributed by atoms with van der Waals surface area (Å²) in [4.78, 5) is 10.7. The highest BCUT2D eigenvalue weighted by atomic mass is 19.2. The van der Waals surface area contributed by atoms with Crippen LogP contribution in [0.15, 0.2) is 66.5 Å². The van der Waals surface area contributed by atoms with Crippen molar-refractivity contribution in [2.24, 2.45) is 5.92 Å². The number of aryl methyl sites for hydroxylation is 1. The number of hydrogen-bond donors (Lipinski definition) is 2. The van der Waals surface area contributed by atoms with Gasteiger partial charge in [-0.05, 0) is 63.0 Å². The first-order valence-corrected chi connectivity index (χ1v) is 10.3. The zero-order valence-corrected chi connectivity index (χ0v) is 19.0. The van der Waals surface area contributed by atoms with Gasteiger partial charge in [0.2, 0.25) is 0 Å². The molecule has 0 aromatic carbocycles. The van der Waals surface area contributed by atoms with Crippen molar-refractivity contribution < 1.29 is 14.0 Å². The van der Waals surface area contributed by atoms with Crippen molar-refractivity contribution in [1.82, 2.24) is 15.6 Å². The van der Waals surface area contributed by atoms with Crippen molar-refractivity contribution in [3.63, 3.8) is 0 Å². The van der Waals surface area contributed by atoms with Crippen LogP contribution in [0, 0.1) is 18.3 Å². The summed E-state index contributed by atoms with van der Waals surface area (Å²) in [7, 11) is 3.23. The van der Waals surface area contributed by atoms with Crippen LogP contribution in [0.3, 0.4) is 0 Å². The van der Waals surface area contributed by atoms with E-state index < -0.39 is 0 Å². The number of ether oxygens (including phenoxy) is 2. The van der Waals surface area contributed by atoms with Crippen molar-refractivity contribution in [2.75, 3.05) is 30.7 Å². The van der Waals surface area contributed by atoms with Crippen LogP contribution in [0.2, 0.25) is 0 Å². The predicted octanol–water partition coefficient (Wildman–Crippen LogP) is 4.52. The van der Waals surface area contributed by atoms with Gasteiger partial charge in [-0.25, -0.2) is 9.99 Å². The number of anilines is 2. The number of nitrogens with zero attached hydrogens (tertiary/aromatic N) is 4. The number of hydrogen-bond acceptors (Lipinski definition) is 7. The van der Waals surface area contributed by atoms with E-state index in [2.05, 4.69) is 14.9 Å². The van der Waals surface area contributed by atoms with E-state index in [0.717, 1.165) is 35.0 Å². The summed E-state index contributed by atoms with van der Waals surface area (Å²) >= 11 is 0. The molecule has 2 N–H and O–H groups in total. The number of rotatable bonds is 11. The minimum atomic E-state index is 0.140. The molecule has 1 aromatic heterocycles. The Morgan fingerprint density at radius 1 is 1.38 bits per heavy atom. The number of aromatic nitrogens is 2. The summed E-state index contributed by atoms with van der Waals surface area (Å²) in [5, 5.41) is 8.18. The Morgan fingerprint density at radius 3 is 2.75 bits per heavy atom. The Balaban J connectivity index is 2.65. The molecule has 0 bridgehead atoms. The molecule has 1 fully saturated rings. The van der Waals surface area contributed by atoms with Gasteiger partial charge in [0.25, 0.3) is 0 Å². The van der Waals surface area contributed by atoms with Crippen LogP contribution < -0.4 is 15.6 Å². The van der Waals surface area contributed by atoms with Gasteiger partial charge in [-0.3, -0.25) is 10.4 Å². The maximum absolute atomic E-state index is 13.0. The molecule has 32 heavy (non-hydrogen) atoms. The monoisotopic (exact) mass is 442 g/mol. The molecule has 2 rings (SSSR count). The van der Waals surface area contributed by atoms with Gasteiger partial charge in [0, 0.05) is 35.9 Å². The van der Waals surface area contributed by atoms with Gasteiger partial charge in [-0.2, -0.15) is 0 Å². The van der Waals surface area contributed by atoms with Crippen LogP contribution >= 0.6 is 0 Å². The molecular formula is C23H31FN6O2. The molecule has 0 radical (unpaired) electrons. The van der Waals surface area contributed by atoms with Gasteiger partial charge in [0.15, 0.2) is 5.82 Å². The molecule has 1 aromatic rings. The van der Waals surface area contributed by atoms with Crippen molar-refractivity contribution in [3.8, 4) is 0 Å². The first kappa shape index (κ1) is 24.8. The molecule has 0 amide bonds. The molecule has 0 atom stereocenters. The summed E-state index contributed by atoms with van der Waals surface area (Å²) in [5.74, 6) is 1.45. The zero-order chi connectivity index (χ0) is 23.3. The quantitative estimate of drug-likeness (QED) is 0.130. The Labute approximate surface area is 188 Å². The second kappa shape index (κ2) is 13.1. The first-order chi connectivity index (χ1) is 15.6. The largest absolute Gasteiger partial charge is 0.504 e. The molecule has 0 spiro atoms. The fourth-order valence-electron chi connectivity index (χ4n) is 2.90. The van der Waals surface area contributed by atoms with Gasteiger partial charge in [0.1, 0.15) is 12.1 Å². The summed E-state index contributed by atoms with van der Waals surface area (Å²) in [5.41, 5.74) is 3.78. The molecule has 1 aliphatic carbocycles. The lowest BCUT2D eigenvalue weighted by atomic mass is 10.2. The Morgan fingerprint density at radius 2 is 2.16 bits per heavy atom. The number of halogens is 1. The third kappa shape index (κ3) is 7.66. The van der Waals surface area contributed by atoms with E-state index in [1.54, 1.807) is 32.7 Å². The van der Waals surface area contributed by atoms with Crippen LogP contribution in [-0.4, -0.2) is 37.1 Å². The highest BCUT2D eigenvalue weighted by Crippen LogP contribution is 2.33. The predicted molar refractivity (Wildman–Crippen MR) is 125 cm³/mol. The normalized spacial score (nSPS) is 14.0. The number of allylic oxidation sites excluding steroid dienone is 3. The van der Waals surface area contributed by atoms with Gasteiger partial charge in [-0.1, -0.05) is 5.65 Å². The van der Waals surface area contributed by atoms with E-state index >= 15 is 0 Å². The zero-order valence-electron chi connectivity index (χ0n) is 19.0. The van der Waals surface area contributed by atoms with Crippen LogP contribution in [0.1, 0.15) is 25.5 Å². The summed E-state index contributed by atoms with van der Waals surface area (Å²) in [6.07, 6.45) is 13.4. The fourth-order valence-corrected chi connectivity index (χ4v) is 2.90. The molecule has 1 saturated carbocycles. The summed E-state index contributed by atoms with van der Waals surface area (Å²) < 4.78 is 23.7. The summed E-state index contributed by atoms with van der Waals surface area (Å²) in [6, 6.07) is 5.66. The lowest BCUT2D eigenvalue weighted by Gasteiger charge is -2.26. The maximum atomic E-state index is 13.0. The lowest BCUT2D eigenvalue weighted by Crippen LogP contribution is -2.30. The lowest BCUT2D eigenvalue weighted by molar-refractivity contribution is 0.305. The molecule has 1 heterocycles. The average Bonchev–Trinajstić information content (AvgIpc) is 3.62. The highest BCUT2D eigenvalue weighted by Gasteiger charge is 2.26. The van der Waals surface area contributed by atoms with Crippen molar-refractivity contribution >= 4 is 17.8 Å². The topological polar surface area (TPSA) is 86.6 Å². The van der Waals surface area contributed by atoms with Crippen LogP contribution in [-0.2, 0) is 9.47 Å². The molecule has 172 valence electrons. The molecule has 0 saturated heterocycles. The fraction of sp³-hybridized carbons (Fsp3) is 0.348. The smallest absolute Gasteiger partial charge is 0.169 e. The Bertz CT molecular complexity index is 913. The second-order valence-corrected chi connectivity index (χ2v) is 7.11. The third-order valence-electron chi connectivity index (χ3n) is 4.69. The standard InChI is InChI=1S/C23H31FN6O2/c1-5-22(32-4)14-21(10-12-31-3)29(16-19-8-9-19)20-7-6-11-26-15-23(27-18(2)13-20)30(17-25)28-24/h5-7,10-15,17,19,25,28H,8-9,16H2,1-4H3/b7-6?,11-6?,12-10+,18-13?,20-7?,20-13?,21-14+,22-5+,23-15?,25-17?,26-11?,26-15?,27-18?,27-23?. The van der Waals surface area contributed by atoms with Crippen molar-refractivity contribution in [3.05, 3.63) is 72.2 Å². The van der Waals surface area contributed by atoms with E-state index in [1.807, 2.05) is 44.2 Å². The molecule has 1 aliphatic rings. The number of nitrogens with one attached hydrogen (secondary N) is 2. The molecule has 8 nitrogen and oxygen atoms in total. The van der Waals surface area contributed by atoms with Crippen LogP contribution in [0.4, 0.5) is 16.0 Å². The second-order valence-electron chi connectivity index (χ2n) is 7.11. The van der Waals surface area contributed by atoms with Crippen molar-refractivity contribution in [2.45, 2.75) is 26.7 Å². The Kier molecular flexibility index (Phi) is 10.1. The van der Waals surface area contributed by atoms with Gasteiger partial charge < -0.3 is 14.4 Å². The SMILES string of the molecule is C\C=C(/C=C(\C=C\OC)N(CC1CC1)c1cccncc(N(C=N)NF)nc(C)c1)OC. The minimum Gasteiger partial charge on any atom is -0.504 e. The van der Waals surface area contributed by atoms with E-state index in [0.29, 0.717) is 11.6 Å². The van der Waals surface area contributed by atoms with E-state index in [9.17, 15) is 4.48 Å². The van der Waals surface area contributed by atoms with E-state index in [-0.39, 0.29) is 5.82 Å². The van der Waals surface area contributed by atoms with E-state index in [1.165, 1.54) is 24.7 Å². The molecule has 0 unspecified atom stereocenters. The summed E-state index contributed by atoms with van der Waals surface area (Å²) in [6.45, 7) is 4.53. The molecule has 0 aliphatic heterocycles. The van der Waals surface area contributed by atoms with E-state index in [4.69, 9.17) is 14.9 Å². The highest BCUT2D eigenvalue weighted by molar-refractivity contribution is 5.72. The maximum Gasteiger partial charge on any atom is 0.169 e. The third-order valence-corrected chi connectivity index (χ3v) is 4.69. The van der Waals surface area contributed by atoms with Crippen LogP contribution in [0.25, 0.3) is 0 Å². The van der Waals surface area contributed by atoms with Gasteiger partial charge in [0.05, 0.1) is 26.7 Å². The van der Waals surface area contributed by atoms with Gasteiger partial charge >= 0.3 is 0 Å².